The van der Waals surface area contributed by atoms with Gasteiger partial charge in [-0.2, -0.15) is 4.98 Å². The number of carbonyl (C=O) groups excluding carboxylic acids is 2. The molecule has 2 amide bonds. The minimum atomic E-state index is -0.553. The molecule has 0 fully saturated rings. The number of amides is 2. The molecule has 0 aliphatic heterocycles. The SMILES string of the molecule is CCOc1ccc(-c2noc(CNC(=O)NCC(=O)OC)n2)cn1. The third-order valence-corrected chi connectivity index (χ3v) is 2.78. The highest BCUT2D eigenvalue weighted by Crippen LogP contribution is 2.17. The number of rotatable bonds is 7. The van der Waals surface area contributed by atoms with Gasteiger partial charge in [-0.25, -0.2) is 9.78 Å². The largest absolute Gasteiger partial charge is 0.478 e. The Hall–Kier alpha value is -3.17. The fourth-order valence-electron chi connectivity index (χ4n) is 1.63. The summed E-state index contributed by atoms with van der Waals surface area (Å²) in [6, 6.07) is 2.90. The van der Waals surface area contributed by atoms with E-state index in [0.717, 1.165) is 0 Å². The number of aromatic nitrogens is 3. The van der Waals surface area contributed by atoms with Gasteiger partial charge < -0.3 is 24.6 Å². The molecule has 0 aliphatic rings. The lowest BCUT2D eigenvalue weighted by Gasteiger charge is -2.03. The van der Waals surface area contributed by atoms with Gasteiger partial charge in [0.05, 0.1) is 20.3 Å². The minimum absolute atomic E-state index is 0.0183. The van der Waals surface area contributed by atoms with Crippen molar-refractivity contribution in [2.75, 3.05) is 20.3 Å². The number of hydrogen-bond acceptors (Lipinski definition) is 8. The van der Waals surface area contributed by atoms with Crippen molar-refractivity contribution in [3.63, 3.8) is 0 Å². The van der Waals surface area contributed by atoms with E-state index in [2.05, 4.69) is 30.5 Å². The van der Waals surface area contributed by atoms with E-state index in [1.54, 1.807) is 18.3 Å². The van der Waals surface area contributed by atoms with Gasteiger partial charge in [-0.05, 0) is 13.0 Å². The molecule has 10 heteroatoms. The molecule has 0 aliphatic carbocycles. The van der Waals surface area contributed by atoms with Crippen molar-refractivity contribution in [2.24, 2.45) is 0 Å². The summed E-state index contributed by atoms with van der Waals surface area (Å²) in [6.45, 7) is 2.19. The van der Waals surface area contributed by atoms with Crippen LogP contribution in [0.2, 0.25) is 0 Å². The summed E-state index contributed by atoms with van der Waals surface area (Å²) in [4.78, 5) is 30.6. The molecule has 2 aromatic rings. The van der Waals surface area contributed by atoms with Gasteiger partial charge in [0.15, 0.2) is 0 Å². The first kappa shape index (κ1) is 17.2. The van der Waals surface area contributed by atoms with Crippen LogP contribution in [-0.2, 0) is 16.1 Å². The van der Waals surface area contributed by atoms with Crippen molar-refractivity contribution in [2.45, 2.75) is 13.5 Å². The second-order valence-corrected chi connectivity index (χ2v) is 4.44. The zero-order chi connectivity index (χ0) is 17.4. The fourth-order valence-corrected chi connectivity index (χ4v) is 1.63. The third kappa shape index (κ3) is 4.93. The quantitative estimate of drug-likeness (QED) is 0.700. The molecule has 0 aromatic carbocycles. The van der Waals surface area contributed by atoms with Crippen molar-refractivity contribution in [1.82, 2.24) is 25.8 Å². The van der Waals surface area contributed by atoms with Crippen LogP contribution in [0, 0.1) is 0 Å². The van der Waals surface area contributed by atoms with Crippen molar-refractivity contribution in [1.29, 1.82) is 0 Å². The summed E-state index contributed by atoms with van der Waals surface area (Å²) < 4.78 is 14.7. The maximum atomic E-state index is 11.5. The molecule has 2 rings (SSSR count). The van der Waals surface area contributed by atoms with Crippen LogP contribution >= 0.6 is 0 Å². The fraction of sp³-hybridized carbons (Fsp3) is 0.357. The van der Waals surface area contributed by atoms with Crippen molar-refractivity contribution in [3.8, 4) is 17.3 Å². The van der Waals surface area contributed by atoms with E-state index in [0.29, 0.717) is 23.9 Å². The number of pyridine rings is 1. The molecule has 128 valence electrons. The summed E-state index contributed by atoms with van der Waals surface area (Å²) in [5, 5.41) is 8.62. The normalized spacial score (nSPS) is 10.1. The van der Waals surface area contributed by atoms with E-state index in [9.17, 15) is 9.59 Å². The number of esters is 1. The van der Waals surface area contributed by atoms with Gasteiger partial charge in [0, 0.05) is 17.8 Å². The summed E-state index contributed by atoms with van der Waals surface area (Å²) in [7, 11) is 1.23. The van der Waals surface area contributed by atoms with Crippen LogP contribution in [0.5, 0.6) is 5.88 Å². The molecule has 0 radical (unpaired) electrons. The number of methoxy groups -OCH3 is 1. The molecule has 0 spiro atoms. The van der Waals surface area contributed by atoms with Gasteiger partial charge in [-0.15, -0.1) is 0 Å². The zero-order valence-corrected chi connectivity index (χ0v) is 13.2. The number of ether oxygens (including phenoxy) is 2. The Morgan fingerprint density at radius 1 is 1.29 bits per heavy atom. The van der Waals surface area contributed by atoms with Crippen LogP contribution in [0.15, 0.2) is 22.9 Å². The van der Waals surface area contributed by atoms with Crippen molar-refractivity contribution in [3.05, 3.63) is 24.2 Å². The van der Waals surface area contributed by atoms with Crippen LogP contribution < -0.4 is 15.4 Å². The summed E-state index contributed by atoms with van der Waals surface area (Å²) in [5.74, 6) is 0.520. The number of urea groups is 1. The molecule has 0 bridgehead atoms. The standard InChI is InChI=1S/C14H17N5O5/c1-3-23-10-5-4-9(6-15-10)13-18-11(24-19-13)7-16-14(21)17-8-12(20)22-2/h4-6H,3,7-8H2,1-2H3,(H2,16,17,21). The lowest BCUT2D eigenvalue weighted by atomic mass is 10.3. The molecule has 0 unspecified atom stereocenters. The van der Waals surface area contributed by atoms with Crippen molar-refractivity contribution >= 4 is 12.0 Å². The second-order valence-electron chi connectivity index (χ2n) is 4.44. The molecule has 0 saturated heterocycles. The van der Waals surface area contributed by atoms with Gasteiger partial charge in [-0.1, -0.05) is 5.16 Å². The average Bonchev–Trinajstić information content (AvgIpc) is 3.07. The predicted octanol–water partition coefficient (Wildman–Crippen LogP) is 0.502. The average molecular weight is 335 g/mol. The van der Waals surface area contributed by atoms with Gasteiger partial charge in [-0.3, -0.25) is 4.79 Å². The highest BCUT2D eigenvalue weighted by molar-refractivity contribution is 5.80. The van der Waals surface area contributed by atoms with Crippen LogP contribution in [0.4, 0.5) is 4.79 Å². The Morgan fingerprint density at radius 3 is 2.79 bits per heavy atom. The van der Waals surface area contributed by atoms with E-state index in [4.69, 9.17) is 9.26 Å². The molecule has 0 atom stereocenters. The monoisotopic (exact) mass is 335 g/mol. The summed E-state index contributed by atoms with van der Waals surface area (Å²) in [6.07, 6.45) is 1.57. The summed E-state index contributed by atoms with van der Waals surface area (Å²) in [5.41, 5.74) is 0.656. The first-order valence-corrected chi connectivity index (χ1v) is 7.12. The number of nitrogens with one attached hydrogen (secondary N) is 2. The van der Waals surface area contributed by atoms with Gasteiger partial charge in [0.25, 0.3) is 0 Å². The maximum Gasteiger partial charge on any atom is 0.325 e. The number of carbonyl (C=O) groups is 2. The second kappa shape index (κ2) is 8.46. The topological polar surface area (TPSA) is 128 Å². The van der Waals surface area contributed by atoms with E-state index in [1.165, 1.54) is 7.11 Å². The molecule has 0 saturated carbocycles. The van der Waals surface area contributed by atoms with Gasteiger partial charge >= 0.3 is 12.0 Å². The first-order valence-electron chi connectivity index (χ1n) is 7.12. The molecule has 24 heavy (non-hydrogen) atoms. The Balaban J connectivity index is 1.86. The van der Waals surface area contributed by atoms with Crippen molar-refractivity contribution < 1.29 is 23.6 Å². The lowest BCUT2D eigenvalue weighted by Crippen LogP contribution is -2.38. The number of hydrogen-bond donors (Lipinski definition) is 2. The van der Waals surface area contributed by atoms with Crippen LogP contribution in [0.3, 0.4) is 0 Å². The van der Waals surface area contributed by atoms with Crippen LogP contribution in [0.25, 0.3) is 11.4 Å². The lowest BCUT2D eigenvalue weighted by molar-refractivity contribution is -0.139. The Kier molecular flexibility index (Phi) is 6.06. The summed E-state index contributed by atoms with van der Waals surface area (Å²) >= 11 is 0. The molecule has 2 aromatic heterocycles. The first-order chi connectivity index (χ1) is 11.6. The zero-order valence-electron chi connectivity index (χ0n) is 13.2. The van der Waals surface area contributed by atoms with E-state index in [1.807, 2.05) is 6.92 Å². The van der Waals surface area contributed by atoms with E-state index < -0.39 is 12.0 Å². The molecular formula is C14H17N5O5. The van der Waals surface area contributed by atoms with E-state index in [-0.39, 0.29) is 19.0 Å². The third-order valence-electron chi connectivity index (χ3n) is 2.78. The maximum absolute atomic E-state index is 11.5. The van der Waals surface area contributed by atoms with Gasteiger partial charge in [0.1, 0.15) is 6.54 Å². The smallest absolute Gasteiger partial charge is 0.325 e. The predicted molar refractivity (Wildman–Crippen MR) is 81.0 cm³/mol. The van der Waals surface area contributed by atoms with Gasteiger partial charge in [0.2, 0.25) is 17.6 Å². The Bertz CT molecular complexity index is 685. The van der Waals surface area contributed by atoms with Crippen LogP contribution in [-0.4, -0.2) is 47.4 Å². The van der Waals surface area contributed by atoms with Crippen LogP contribution in [0.1, 0.15) is 12.8 Å². The number of nitrogens with zero attached hydrogens (tertiary/aromatic N) is 3. The Labute approximate surface area is 137 Å². The molecule has 2 heterocycles. The Morgan fingerprint density at radius 2 is 2.12 bits per heavy atom. The minimum Gasteiger partial charge on any atom is -0.478 e. The molecular weight excluding hydrogens is 318 g/mol. The highest BCUT2D eigenvalue weighted by atomic mass is 16.5. The highest BCUT2D eigenvalue weighted by Gasteiger charge is 2.11. The van der Waals surface area contributed by atoms with E-state index >= 15 is 0 Å². The molecule has 10 nitrogen and oxygen atoms in total. The molecule has 2 N–H and O–H groups in total.